The van der Waals surface area contributed by atoms with E-state index in [1.54, 1.807) is 18.4 Å². The number of ether oxygens (including phenoxy) is 2. The fourth-order valence-electron chi connectivity index (χ4n) is 1.82. The van der Waals surface area contributed by atoms with Crippen molar-refractivity contribution in [2.45, 2.75) is 31.3 Å². The lowest BCUT2D eigenvalue weighted by Gasteiger charge is -2.38. The highest BCUT2D eigenvalue weighted by Crippen LogP contribution is 2.45. The summed E-state index contributed by atoms with van der Waals surface area (Å²) in [5.74, 6) is -0.253. The van der Waals surface area contributed by atoms with Gasteiger partial charge in [-0.3, -0.25) is 4.79 Å². The van der Waals surface area contributed by atoms with E-state index in [2.05, 4.69) is 9.72 Å². The van der Waals surface area contributed by atoms with E-state index in [9.17, 15) is 4.79 Å². The van der Waals surface area contributed by atoms with Crippen molar-refractivity contribution in [3.05, 3.63) is 16.1 Å². The van der Waals surface area contributed by atoms with E-state index in [1.165, 1.54) is 13.5 Å². The van der Waals surface area contributed by atoms with Crippen LogP contribution in [-0.2, 0) is 26.3 Å². The number of hydrogen-bond acceptors (Lipinski definition) is 5. The van der Waals surface area contributed by atoms with Crippen molar-refractivity contribution in [3.63, 3.8) is 0 Å². The molecule has 0 unspecified atom stereocenters. The second kappa shape index (κ2) is 4.51. The summed E-state index contributed by atoms with van der Waals surface area (Å²) in [6.07, 6.45) is 3.47. The van der Waals surface area contributed by atoms with Crippen molar-refractivity contribution in [1.29, 1.82) is 0 Å². The Bertz CT molecular complexity index is 379. The van der Waals surface area contributed by atoms with Crippen LogP contribution >= 0.6 is 11.3 Å². The Hall–Kier alpha value is -0.940. The van der Waals surface area contributed by atoms with Gasteiger partial charge in [-0.05, 0) is 19.3 Å². The predicted molar refractivity (Wildman–Crippen MR) is 60.4 cm³/mol. The van der Waals surface area contributed by atoms with Crippen molar-refractivity contribution >= 4 is 17.3 Å². The van der Waals surface area contributed by atoms with Crippen LogP contribution in [0.25, 0.3) is 0 Å². The van der Waals surface area contributed by atoms with Gasteiger partial charge < -0.3 is 9.47 Å². The van der Waals surface area contributed by atoms with E-state index in [-0.39, 0.29) is 18.0 Å². The van der Waals surface area contributed by atoms with Gasteiger partial charge in [0.05, 0.1) is 19.2 Å². The molecule has 1 aliphatic rings. The Kier molecular flexibility index (Phi) is 3.25. The summed E-state index contributed by atoms with van der Waals surface area (Å²) in [6.45, 7) is 0. The van der Waals surface area contributed by atoms with E-state index in [0.717, 1.165) is 23.5 Å². The summed E-state index contributed by atoms with van der Waals surface area (Å²) < 4.78 is 10.1. The van der Waals surface area contributed by atoms with Gasteiger partial charge in [0.1, 0.15) is 10.6 Å². The van der Waals surface area contributed by atoms with Gasteiger partial charge in [0.25, 0.3) is 0 Å². The average Bonchev–Trinajstić information content (AvgIpc) is 2.66. The summed E-state index contributed by atoms with van der Waals surface area (Å²) in [5, 5.41) is 2.89. The van der Waals surface area contributed by atoms with Crippen LogP contribution in [0.3, 0.4) is 0 Å². The number of nitrogens with zero attached hydrogens (tertiary/aromatic N) is 1. The van der Waals surface area contributed by atoms with E-state index in [4.69, 9.17) is 4.74 Å². The quantitative estimate of drug-likeness (QED) is 0.755. The summed E-state index contributed by atoms with van der Waals surface area (Å²) in [5.41, 5.74) is 0.592. The number of rotatable bonds is 4. The van der Waals surface area contributed by atoms with Gasteiger partial charge >= 0.3 is 5.97 Å². The normalized spacial score (nSPS) is 17.9. The lowest BCUT2D eigenvalue weighted by atomic mass is 9.80. The van der Waals surface area contributed by atoms with Crippen molar-refractivity contribution < 1.29 is 14.3 Å². The van der Waals surface area contributed by atoms with Crippen molar-refractivity contribution in [2.24, 2.45) is 0 Å². The third-order valence-corrected chi connectivity index (χ3v) is 4.12. The molecule has 1 heterocycles. The molecule has 4 nitrogen and oxygen atoms in total. The van der Waals surface area contributed by atoms with Gasteiger partial charge in [0.2, 0.25) is 0 Å². The number of hydrogen-bond donors (Lipinski definition) is 0. The Balaban J connectivity index is 2.10. The first-order valence-corrected chi connectivity index (χ1v) is 6.15. The number of esters is 1. The molecule has 1 fully saturated rings. The zero-order chi connectivity index (χ0) is 11.6. The molecule has 0 bridgehead atoms. The predicted octanol–water partition coefficient (Wildman–Crippen LogP) is 1.88. The fraction of sp³-hybridized carbons (Fsp3) is 0.636. The topological polar surface area (TPSA) is 48.4 Å². The van der Waals surface area contributed by atoms with E-state index >= 15 is 0 Å². The SMILES string of the molecule is COC(=O)Cc1csc(C2(OC)CCC2)n1. The second-order valence-corrected chi connectivity index (χ2v) is 4.81. The highest BCUT2D eigenvalue weighted by molar-refractivity contribution is 7.09. The number of methoxy groups -OCH3 is 2. The molecule has 0 N–H and O–H groups in total. The molecule has 16 heavy (non-hydrogen) atoms. The van der Waals surface area contributed by atoms with Crippen LogP contribution in [0.15, 0.2) is 5.38 Å². The molecule has 0 amide bonds. The fourth-order valence-corrected chi connectivity index (χ4v) is 2.88. The largest absolute Gasteiger partial charge is 0.469 e. The lowest BCUT2D eigenvalue weighted by molar-refractivity contribution is -0.139. The Morgan fingerprint density at radius 1 is 1.56 bits per heavy atom. The molecule has 2 rings (SSSR count). The van der Waals surface area contributed by atoms with E-state index < -0.39 is 0 Å². The number of aromatic nitrogens is 1. The van der Waals surface area contributed by atoms with Gasteiger partial charge in [0.15, 0.2) is 0 Å². The van der Waals surface area contributed by atoms with Crippen LogP contribution in [0.4, 0.5) is 0 Å². The maximum absolute atomic E-state index is 11.1. The maximum atomic E-state index is 11.1. The first-order valence-electron chi connectivity index (χ1n) is 5.27. The second-order valence-electron chi connectivity index (χ2n) is 3.95. The van der Waals surface area contributed by atoms with Crippen LogP contribution in [0.1, 0.15) is 30.0 Å². The van der Waals surface area contributed by atoms with Crippen molar-refractivity contribution in [1.82, 2.24) is 4.98 Å². The summed E-state index contributed by atoms with van der Waals surface area (Å²) in [7, 11) is 3.11. The molecule has 5 heteroatoms. The zero-order valence-electron chi connectivity index (χ0n) is 9.49. The highest BCUT2D eigenvalue weighted by atomic mass is 32.1. The highest BCUT2D eigenvalue weighted by Gasteiger charge is 2.41. The molecule has 0 saturated heterocycles. The molecule has 88 valence electrons. The molecular weight excluding hydrogens is 226 g/mol. The summed E-state index contributed by atoms with van der Waals surface area (Å²) >= 11 is 1.57. The third kappa shape index (κ3) is 1.97. The molecule has 0 radical (unpaired) electrons. The minimum atomic E-state index is -0.253. The molecule has 1 aromatic heterocycles. The molecule has 0 atom stereocenters. The standard InChI is InChI=1S/C11H15NO3S/c1-14-9(13)6-8-7-16-10(12-8)11(15-2)4-3-5-11/h7H,3-6H2,1-2H3. The Morgan fingerprint density at radius 2 is 2.31 bits per heavy atom. The van der Waals surface area contributed by atoms with Gasteiger partial charge in [0, 0.05) is 12.5 Å². The van der Waals surface area contributed by atoms with Gasteiger partial charge in [-0.15, -0.1) is 11.3 Å². The molecule has 1 aromatic rings. The monoisotopic (exact) mass is 241 g/mol. The molecule has 0 spiro atoms. The molecule has 1 saturated carbocycles. The molecule has 0 aliphatic heterocycles. The van der Waals surface area contributed by atoms with Crippen LogP contribution in [0, 0.1) is 0 Å². The first-order chi connectivity index (χ1) is 7.70. The number of carbonyl (C=O) groups excluding carboxylic acids is 1. The van der Waals surface area contributed by atoms with Gasteiger partial charge in [-0.25, -0.2) is 4.98 Å². The van der Waals surface area contributed by atoms with Gasteiger partial charge in [-0.1, -0.05) is 0 Å². The van der Waals surface area contributed by atoms with Crippen LogP contribution in [0.5, 0.6) is 0 Å². The van der Waals surface area contributed by atoms with Gasteiger partial charge in [-0.2, -0.15) is 0 Å². The van der Waals surface area contributed by atoms with Crippen molar-refractivity contribution in [3.8, 4) is 0 Å². The average molecular weight is 241 g/mol. The lowest BCUT2D eigenvalue weighted by Crippen LogP contribution is -2.35. The van der Waals surface area contributed by atoms with Crippen molar-refractivity contribution in [2.75, 3.05) is 14.2 Å². The summed E-state index contributed by atoms with van der Waals surface area (Å²) in [6, 6.07) is 0. The van der Waals surface area contributed by atoms with E-state index in [0.29, 0.717) is 0 Å². The maximum Gasteiger partial charge on any atom is 0.311 e. The summed E-state index contributed by atoms with van der Waals surface area (Å²) in [4.78, 5) is 15.6. The minimum Gasteiger partial charge on any atom is -0.469 e. The molecule has 0 aromatic carbocycles. The smallest absolute Gasteiger partial charge is 0.311 e. The van der Waals surface area contributed by atoms with Crippen LogP contribution < -0.4 is 0 Å². The minimum absolute atomic E-state index is 0.182. The number of carbonyl (C=O) groups is 1. The first kappa shape index (κ1) is 11.5. The number of thiazole rings is 1. The zero-order valence-corrected chi connectivity index (χ0v) is 10.3. The van der Waals surface area contributed by atoms with E-state index in [1.807, 2.05) is 5.38 Å². The third-order valence-electron chi connectivity index (χ3n) is 3.05. The molecule has 1 aliphatic carbocycles. The Labute approximate surface area is 98.6 Å². The van der Waals surface area contributed by atoms with Crippen LogP contribution in [0.2, 0.25) is 0 Å². The molecular formula is C11H15NO3S. The van der Waals surface area contributed by atoms with Crippen LogP contribution in [-0.4, -0.2) is 25.2 Å². The Morgan fingerprint density at radius 3 is 2.81 bits per heavy atom.